The van der Waals surface area contributed by atoms with Crippen molar-refractivity contribution in [2.75, 3.05) is 61.6 Å². The van der Waals surface area contributed by atoms with Gasteiger partial charge in [0.2, 0.25) is 5.91 Å². The fourth-order valence-electron chi connectivity index (χ4n) is 4.71. The van der Waals surface area contributed by atoms with E-state index >= 15 is 0 Å². The van der Waals surface area contributed by atoms with Crippen LogP contribution in [0.4, 0.5) is 43.5 Å². The fourth-order valence-corrected chi connectivity index (χ4v) is 4.71. The van der Waals surface area contributed by atoms with Gasteiger partial charge < -0.3 is 24.8 Å². The first-order valence-corrected chi connectivity index (χ1v) is 12.1. The predicted molar refractivity (Wildman–Crippen MR) is 129 cm³/mol. The number of nitrogens with zero attached hydrogens (tertiary/aromatic N) is 5. The number of anilines is 3. The Morgan fingerprint density at radius 3 is 2.62 bits per heavy atom. The molecule has 2 aromatic rings. The van der Waals surface area contributed by atoms with E-state index in [9.17, 15) is 35.9 Å². The summed E-state index contributed by atoms with van der Waals surface area (Å²) in [4.78, 5) is 33.7. The number of hydrogen-bond acceptors (Lipinski definition) is 8. The van der Waals surface area contributed by atoms with Gasteiger partial charge in [0.15, 0.2) is 5.82 Å². The van der Waals surface area contributed by atoms with Crippen LogP contribution in [0.1, 0.15) is 24.5 Å². The van der Waals surface area contributed by atoms with E-state index in [2.05, 4.69) is 15.4 Å². The number of likely N-dealkylation sites (N-methyl/N-ethyl adjacent to an activating group) is 1. The average Bonchev–Trinajstić information content (AvgIpc) is 2.84. The number of rotatable bonds is 7. The zero-order chi connectivity index (χ0) is 28.5. The molecule has 1 amide bonds. The maximum Gasteiger partial charge on any atom is 0.423 e. The topological polar surface area (TPSA) is 107 Å². The first kappa shape index (κ1) is 28.4. The van der Waals surface area contributed by atoms with Crippen LogP contribution in [0.15, 0.2) is 23.3 Å². The van der Waals surface area contributed by atoms with Gasteiger partial charge in [0, 0.05) is 45.5 Å². The molecule has 0 bridgehead atoms. The van der Waals surface area contributed by atoms with E-state index in [0.717, 1.165) is 18.5 Å². The van der Waals surface area contributed by atoms with Crippen molar-refractivity contribution >= 4 is 23.1 Å². The van der Waals surface area contributed by atoms with Crippen molar-refractivity contribution in [3.63, 3.8) is 0 Å². The van der Waals surface area contributed by atoms with E-state index in [1.807, 2.05) is 4.90 Å². The summed E-state index contributed by atoms with van der Waals surface area (Å²) < 4.78 is 84.4. The highest BCUT2D eigenvalue weighted by Crippen LogP contribution is 2.39. The van der Waals surface area contributed by atoms with Crippen LogP contribution in [0.5, 0.6) is 0 Å². The molecule has 0 spiro atoms. The number of hydrogen-bond donors (Lipinski definition) is 2. The summed E-state index contributed by atoms with van der Waals surface area (Å²) in [5.74, 6) is 0.269. The van der Waals surface area contributed by atoms with Gasteiger partial charge in [-0.2, -0.15) is 31.4 Å². The Hall–Kier alpha value is -3.56. The lowest BCUT2D eigenvalue weighted by atomic mass is 10.1. The standard InChI is InChI=1S/C23H27F6N7O3/c1-13(32-16-9-31-33-21(38)19(16)23(27,28)29)12-39-6-3-18(37)35-4-5-36-15(11-35)10-34(2)17-7-14(22(24,25)26)8-30-20(17)36/h7-9,13,15H,3-6,10-12H2,1-2H3,(H2,32,33,38)/t13-,15?/m0/s1. The maximum absolute atomic E-state index is 13.2. The molecular formula is C23H27F6N7O3. The zero-order valence-corrected chi connectivity index (χ0v) is 21.1. The minimum Gasteiger partial charge on any atom is -0.379 e. The van der Waals surface area contributed by atoms with Gasteiger partial charge in [0.25, 0.3) is 5.56 Å². The van der Waals surface area contributed by atoms with Crippen LogP contribution in [0.25, 0.3) is 0 Å². The molecule has 2 atom stereocenters. The minimum absolute atomic E-state index is 0.0268. The fraction of sp³-hybridized carbons (Fsp3) is 0.565. The third-order valence-electron chi connectivity index (χ3n) is 6.55. The summed E-state index contributed by atoms with van der Waals surface area (Å²) in [6.45, 7) is 3.10. The summed E-state index contributed by atoms with van der Waals surface area (Å²) in [5.41, 5.74) is -3.65. The monoisotopic (exact) mass is 563 g/mol. The van der Waals surface area contributed by atoms with Crippen LogP contribution < -0.4 is 20.7 Å². The summed E-state index contributed by atoms with van der Waals surface area (Å²) in [6.07, 6.45) is -7.64. The molecule has 2 N–H and O–H groups in total. The molecule has 0 saturated carbocycles. The number of carbonyl (C=O) groups excluding carboxylic acids is 1. The Morgan fingerprint density at radius 1 is 1.18 bits per heavy atom. The second kappa shape index (κ2) is 10.9. The van der Waals surface area contributed by atoms with E-state index < -0.39 is 40.8 Å². The second-order valence-corrected chi connectivity index (χ2v) is 9.49. The number of aromatic nitrogens is 3. The van der Waals surface area contributed by atoms with Gasteiger partial charge in [-0.05, 0) is 13.0 Å². The predicted octanol–water partition coefficient (Wildman–Crippen LogP) is 2.58. The molecule has 4 heterocycles. The highest BCUT2D eigenvalue weighted by atomic mass is 19.4. The van der Waals surface area contributed by atoms with Gasteiger partial charge in [-0.3, -0.25) is 9.59 Å². The van der Waals surface area contributed by atoms with E-state index in [1.165, 1.54) is 0 Å². The molecule has 16 heteroatoms. The van der Waals surface area contributed by atoms with Crippen LogP contribution in [-0.2, 0) is 21.9 Å². The summed E-state index contributed by atoms with van der Waals surface area (Å²) >= 11 is 0. The third kappa shape index (κ3) is 6.37. The molecule has 2 aliphatic heterocycles. The Kier molecular flexibility index (Phi) is 7.95. The zero-order valence-electron chi connectivity index (χ0n) is 21.1. The van der Waals surface area contributed by atoms with Gasteiger partial charge in [-0.25, -0.2) is 10.1 Å². The van der Waals surface area contributed by atoms with E-state index in [4.69, 9.17) is 4.74 Å². The molecule has 0 aromatic carbocycles. The molecule has 0 aliphatic carbocycles. The molecule has 1 saturated heterocycles. The Bertz CT molecular complexity index is 1250. The molecule has 214 valence electrons. The molecular weight excluding hydrogens is 536 g/mol. The van der Waals surface area contributed by atoms with Gasteiger partial charge in [-0.15, -0.1) is 0 Å². The lowest BCUT2D eigenvalue weighted by Crippen LogP contribution is -2.60. The number of H-pyrrole nitrogens is 1. The number of amides is 1. The molecule has 1 fully saturated rings. The Morgan fingerprint density at radius 2 is 1.92 bits per heavy atom. The van der Waals surface area contributed by atoms with Crippen LogP contribution in [0, 0.1) is 0 Å². The lowest BCUT2D eigenvalue weighted by Gasteiger charge is -2.48. The summed E-state index contributed by atoms with van der Waals surface area (Å²) in [6, 6.07) is 0.316. The maximum atomic E-state index is 13.2. The van der Waals surface area contributed by atoms with Gasteiger partial charge >= 0.3 is 12.4 Å². The van der Waals surface area contributed by atoms with Crippen molar-refractivity contribution in [3.8, 4) is 0 Å². The quantitative estimate of drug-likeness (QED) is 0.391. The number of aromatic amines is 1. The van der Waals surface area contributed by atoms with Crippen LogP contribution in [0.2, 0.25) is 0 Å². The normalized spacial score (nSPS) is 18.5. The molecule has 0 radical (unpaired) electrons. The molecule has 2 aliphatic rings. The number of halogens is 6. The summed E-state index contributed by atoms with van der Waals surface area (Å²) in [7, 11) is 1.68. The van der Waals surface area contributed by atoms with E-state index in [1.54, 1.807) is 28.9 Å². The first-order valence-electron chi connectivity index (χ1n) is 12.1. The molecule has 39 heavy (non-hydrogen) atoms. The number of ether oxygens (including phenoxy) is 1. The minimum atomic E-state index is -4.87. The third-order valence-corrected chi connectivity index (χ3v) is 6.55. The van der Waals surface area contributed by atoms with Crippen molar-refractivity contribution in [2.24, 2.45) is 0 Å². The molecule has 1 unspecified atom stereocenters. The number of alkyl halides is 6. The summed E-state index contributed by atoms with van der Waals surface area (Å²) in [5, 5.41) is 7.72. The largest absolute Gasteiger partial charge is 0.423 e. The number of nitrogens with one attached hydrogen (secondary N) is 2. The number of piperazine rings is 1. The van der Waals surface area contributed by atoms with E-state index in [-0.39, 0.29) is 31.6 Å². The van der Waals surface area contributed by atoms with Crippen LogP contribution >= 0.6 is 0 Å². The van der Waals surface area contributed by atoms with Gasteiger partial charge in [0.1, 0.15) is 5.56 Å². The van der Waals surface area contributed by atoms with Gasteiger partial charge in [-0.1, -0.05) is 0 Å². The van der Waals surface area contributed by atoms with E-state index in [0.29, 0.717) is 37.7 Å². The van der Waals surface area contributed by atoms with Crippen molar-refractivity contribution in [1.82, 2.24) is 20.1 Å². The van der Waals surface area contributed by atoms with Crippen LogP contribution in [0.3, 0.4) is 0 Å². The number of fused-ring (bicyclic) bond motifs is 3. The SMILES string of the molecule is C[C@@H](COCCC(=O)N1CCN2c3ncc(C(F)(F)F)cc3N(C)CC2C1)Nc1cn[nH]c(=O)c1C(F)(F)F. The Labute approximate surface area is 218 Å². The lowest BCUT2D eigenvalue weighted by molar-refractivity contribution is -0.138. The Balaban J connectivity index is 1.27. The van der Waals surface area contributed by atoms with Crippen molar-refractivity contribution < 1.29 is 35.9 Å². The molecule has 4 rings (SSSR count). The van der Waals surface area contributed by atoms with Gasteiger partial charge in [0.05, 0.1) is 48.8 Å². The molecule has 10 nitrogen and oxygen atoms in total. The van der Waals surface area contributed by atoms with Crippen molar-refractivity contribution in [3.05, 3.63) is 39.9 Å². The van der Waals surface area contributed by atoms with Crippen LogP contribution in [-0.4, -0.2) is 84.5 Å². The number of pyridine rings is 1. The van der Waals surface area contributed by atoms with Crippen molar-refractivity contribution in [2.45, 2.75) is 37.8 Å². The molecule has 2 aromatic heterocycles. The second-order valence-electron chi connectivity index (χ2n) is 9.49. The highest BCUT2D eigenvalue weighted by Gasteiger charge is 2.39. The first-order chi connectivity index (χ1) is 18.3. The highest BCUT2D eigenvalue weighted by molar-refractivity contribution is 5.77. The average molecular weight is 564 g/mol. The smallest absolute Gasteiger partial charge is 0.379 e. The number of carbonyl (C=O) groups is 1. The van der Waals surface area contributed by atoms with Crippen molar-refractivity contribution in [1.29, 1.82) is 0 Å².